The lowest BCUT2D eigenvalue weighted by atomic mass is 10.0. The first kappa shape index (κ1) is 29.9. The van der Waals surface area contributed by atoms with Gasteiger partial charge >= 0.3 is 19.5 Å². The highest BCUT2D eigenvalue weighted by atomic mass is 31.2. The van der Waals surface area contributed by atoms with Gasteiger partial charge in [0.15, 0.2) is 8.32 Å². The van der Waals surface area contributed by atoms with Crippen LogP contribution in [0.5, 0.6) is 0 Å². The number of hydrogen-bond acceptors (Lipinski definition) is 6. The smallest absolute Gasteiger partial charge is 0.332 e. The molecule has 0 radical (unpaired) electrons. The summed E-state index contributed by atoms with van der Waals surface area (Å²) < 4.78 is 31.2. The number of aliphatic carboxylic acids is 2. The van der Waals surface area contributed by atoms with Crippen molar-refractivity contribution in [2.45, 2.75) is 64.6 Å². The molecule has 198 valence electrons. The predicted octanol–water partition coefficient (Wildman–Crippen LogP) is 6.18. The van der Waals surface area contributed by atoms with E-state index in [2.05, 4.69) is 0 Å². The quantitative estimate of drug-likeness (QED) is 0.217. The van der Waals surface area contributed by atoms with Crippen LogP contribution in [0.2, 0.25) is 18.1 Å². The van der Waals surface area contributed by atoms with E-state index < -0.39 is 46.0 Å². The molecular weight excluding hydrogens is 499 g/mol. The summed E-state index contributed by atoms with van der Waals surface area (Å²) in [6.45, 7) is 9.62. The maximum absolute atomic E-state index is 13.8. The van der Waals surface area contributed by atoms with Gasteiger partial charge in [0, 0.05) is 0 Å². The fourth-order valence-electron chi connectivity index (χ4n) is 3.15. The van der Waals surface area contributed by atoms with Gasteiger partial charge in [-0.1, -0.05) is 81.4 Å². The molecule has 2 N–H and O–H groups in total. The van der Waals surface area contributed by atoms with Crippen molar-refractivity contribution in [2.75, 3.05) is 6.16 Å². The molecule has 0 saturated heterocycles. The van der Waals surface area contributed by atoms with Crippen LogP contribution >= 0.6 is 7.60 Å². The second-order valence-electron chi connectivity index (χ2n) is 10.3. The third-order valence-electron chi connectivity index (χ3n) is 6.35. The van der Waals surface area contributed by atoms with Crippen molar-refractivity contribution >= 4 is 27.9 Å². The molecule has 0 aliphatic rings. The number of carboxylic acid groups (broad SMARTS) is 2. The molecule has 0 saturated carbocycles. The van der Waals surface area contributed by atoms with E-state index in [1.54, 1.807) is 24.3 Å². The van der Waals surface area contributed by atoms with E-state index in [4.69, 9.17) is 13.5 Å². The standard InChI is InChI=1S/C26H37O8PSi/c1-26(2,3)36(4,5)34-23(25(29)30)16-22(24(27)28)19-35(31,32-17-20-12-8-6-9-13-20)33-18-21-14-10-7-11-15-21/h6-15,22-23H,16-19H2,1-5H3,(H,27,28)(H,29,30)/t22-,23+/m0/s1. The molecule has 36 heavy (non-hydrogen) atoms. The minimum atomic E-state index is -3.95. The van der Waals surface area contributed by atoms with Crippen LogP contribution in [-0.2, 0) is 40.8 Å². The summed E-state index contributed by atoms with van der Waals surface area (Å²) in [7, 11) is -6.46. The maximum atomic E-state index is 13.8. The molecule has 2 aromatic carbocycles. The van der Waals surface area contributed by atoms with Crippen molar-refractivity contribution in [1.82, 2.24) is 0 Å². The molecule has 2 rings (SSSR count). The first-order valence-electron chi connectivity index (χ1n) is 11.8. The summed E-state index contributed by atoms with van der Waals surface area (Å²) >= 11 is 0. The average Bonchev–Trinajstić information content (AvgIpc) is 2.81. The summed E-state index contributed by atoms with van der Waals surface area (Å²) in [6.07, 6.45) is -2.19. The third-order valence-corrected chi connectivity index (χ3v) is 12.8. The third kappa shape index (κ3) is 9.30. The Morgan fingerprint density at radius 1 is 0.861 bits per heavy atom. The van der Waals surface area contributed by atoms with Crippen LogP contribution in [0, 0.1) is 5.92 Å². The first-order chi connectivity index (χ1) is 16.7. The van der Waals surface area contributed by atoms with Gasteiger partial charge < -0.3 is 23.7 Å². The fraction of sp³-hybridized carbons (Fsp3) is 0.462. The summed E-state index contributed by atoms with van der Waals surface area (Å²) in [6, 6.07) is 18.1. The Hall–Kier alpha value is -2.29. The van der Waals surface area contributed by atoms with Gasteiger partial charge in [0.2, 0.25) is 0 Å². The van der Waals surface area contributed by atoms with Crippen molar-refractivity contribution in [2.24, 2.45) is 5.92 Å². The van der Waals surface area contributed by atoms with Gasteiger partial charge in [-0.2, -0.15) is 0 Å². The molecule has 2 aromatic rings. The fourth-order valence-corrected chi connectivity index (χ4v) is 6.23. The Balaban J connectivity index is 2.25. The van der Waals surface area contributed by atoms with Crippen molar-refractivity contribution in [1.29, 1.82) is 0 Å². The van der Waals surface area contributed by atoms with Gasteiger partial charge in [0.1, 0.15) is 6.10 Å². The SMILES string of the molecule is CC(C)(C)[Si](C)(C)O[C@H](C[C@@H](CP(=O)(OCc1ccccc1)OCc1ccccc1)C(=O)O)C(=O)O. The van der Waals surface area contributed by atoms with Crippen LogP contribution in [0.25, 0.3) is 0 Å². The van der Waals surface area contributed by atoms with Gasteiger partial charge in [0.25, 0.3) is 0 Å². The molecule has 0 fully saturated rings. The average molecular weight is 537 g/mol. The van der Waals surface area contributed by atoms with Crippen molar-refractivity contribution in [3.8, 4) is 0 Å². The Kier molecular flexibility index (Phi) is 10.6. The zero-order valence-electron chi connectivity index (χ0n) is 21.5. The van der Waals surface area contributed by atoms with Crippen molar-refractivity contribution in [3.63, 3.8) is 0 Å². The Labute approximate surface area is 214 Å². The molecule has 0 aliphatic heterocycles. The highest BCUT2D eigenvalue weighted by Gasteiger charge is 2.43. The molecule has 0 heterocycles. The van der Waals surface area contributed by atoms with Crippen LogP contribution in [0.15, 0.2) is 60.7 Å². The van der Waals surface area contributed by atoms with E-state index in [1.807, 2.05) is 70.3 Å². The number of carbonyl (C=O) groups is 2. The lowest BCUT2D eigenvalue weighted by Crippen LogP contribution is -2.47. The van der Waals surface area contributed by atoms with Gasteiger partial charge in [-0.25, -0.2) is 4.79 Å². The van der Waals surface area contributed by atoms with Gasteiger partial charge in [-0.3, -0.25) is 9.36 Å². The van der Waals surface area contributed by atoms with Gasteiger partial charge in [0.05, 0.1) is 25.3 Å². The minimum Gasteiger partial charge on any atom is -0.481 e. The second kappa shape index (κ2) is 12.8. The molecule has 0 unspecified atom stereocenters. The summed E-state index contributed by atoms with van der Waals surface area (Å²) in [5.74, 6) is -3.85. The van der Waals surface area contributed by atoms with Crippen molar-refractivity contribution < 1.29 is 37.8 Å². The molecule has 2 atom stereocenters. The normalized spacial score (nSPS) is 14.2. The van der Waals surface area contributed by atoms with E-state index in [9.17, 15) is 24.4 Å². The van der Waals surface area contributed by atoms with E-state index in [1.165, 1.54) is 0 Å². The Morgan fingerprint density at radius 2 is 1.31 bits per heavy atom. The molecule has 0 amide bonds. The van der Waals surface area contributed by atoms with E-state index >= 15 is 0 Å². The van der Waals surface area contributed by atoms with Crippen LogP contribution in [0.1, 0.15) is 38.3 Å². The number of rotatable bonds is 14. The Morgan fingerprint density at radius 3 is 1.67 bits per heavy atom. The summed E-state index contributed by atoms with van der Waals surface area (Å²) in [5, 5.41) is 19.5. The first-order valence-corrected chi connectivity index (χ1v) is 16.5. The molecule has 0 aliphatic carbocycles. The minimum absolute atomic E-state index is 0.0396. The largest absolute Gasteiger partial charge is 0.481 e. The van der Waals surface area contributed by atoms with Crippen molar-refractivity contribution in [3.05, 3.63) is 71.8 Å². The number of carboxylic acids is 2. The molecule has 0 bridgehead atoms. The monoisotopic (exact) mass is 536 g/mol. The molecule has 10 heteroatoms. The maximum Gasteiger partial charge on any atom is 0.332 e. The molecular formula is C26H37O8PSi. The number of hydrogen-bond donors (Lipinski definition) is 2. The van der Waals surface area contributed by atoms with Crippen LogP contribution < -0.4 is 0 Å². The second-order valence-corrected chi connectivity index (χ2v) is 17.1. The zero-order valence-corrected chi connectivity index (χ0v) is 23.4. The van der Waals surface area contributed by atoms with Gasteiger partial charge in [-0.05, 0) is 35.7 Å². The van der Waals surface area contributed by atoms with E-state index in [0.717, 1.165) is 11.1 Å². The zero-order chi connectivity index (χ0) is 27.0. The Bertz CT molecular complexity index is 989. The molecule has 0 aromatic heterocycles. The molecule has 0 spiro atoms. The van der Waals surface area contributed by atoms with Crippen LogP contribution in [-0.4, -0.2) is 42.7 Å². The topological polar surface area (TPSA) is 119 Å². The lowest BCUT2D eigenvalue weighted by Gasteiger charge is -2.38. The lowest BCUT2D eigenvalue weighted by molar-refractivity contribution is -0.148. The van der Waals surface area contributed by atoms with E-state index in [0.29, 0.717) is 0 Å². The van der Waals surface area contributed by atoms with E-state index in [-0.39, 0.29) is 24.7 Å². The van der Waals surface area contributed by atoms with Crippen LogP contribution in [0.4, 0.5) is 0 Å². The summed E-state index contributed by atoms with van der Waals surface area (Å²) in [5.41, 5.74) is 1.50. The predicted molar refractivity (Wildman–Crippen MR) is 140 cm³/mol. The van der Waals surface area contributed by atoms with Crippen LogP contribution in [0.3, 0.4) is 0 Å². The number of benzene rings is 2. The highest BCUT2D eigenvalue weighted by Crippen LogP contribution is 2.52. The van der Waals surface area contributed by atoms with Gasteiger partial charge in [-0.15, -0.1) is 0 Å². The summed E-state index contributed by atoms with van der Waals surface area (Å²) in [4.78, 5) is 24.2. The molecule has 8 nitrogen and oxygen atoms in total. The highest BCUT2D eigenvalue weighted by molar-refractivity contribution is 7.53.